The lowest BCUT2D eigenvalue weighted by Crippen LogP contribution is -2.36. The van der Waals surface area contributed by atoms with Crippen LogP contribution in [0, 0.1) is 0 Å². The Balaban J connectivity index is 1.58. The van der Waals surface area contributed by atoms with Crippen molar-refractivity contribution in [1.82, 2.24) is 9.88 Å². The molecular formula is C19H23N3O3. The zero-order valence-electron chi connectivity index (χ0n) is 14.3. The molecule has 0 spiro atoms. The van der Waals surface area contributed by atoms with Crippen molar-refractivity contribution < 1.29 is 9.53 Å². The lowest BCUT2D eigenvalue weighted by Gasteiger charge is -2.31. The topological polar surface area (TPSA) is 74.4 Å². The Bertz CT molecular complexity index is 762. The second-order valence-electron chi connectivity index (χ2n) is 6.28. The van der Waals surface area contributed by atoms with Crippen molar-refractivity contribution in [2.75, 3.05) is 25.5 Å². The van der Waals surface area contributed by atoms with Gasteiger partial charge in [0.05, 0.1) is 6.10 Å². The molecule has 0 unspecified atom stereocenters. The summed E-state index contributed by atoms with van der Waals surface area (Å²) in [5.41, 5.74) is 1.64. The van der Waals surface area contributed by atoms with Crippen LogP contribution in [0.3, 0.4) is 0 Å². The number of ether oxygens (including phenoxy) is 1. The van der Waals surface area contributed by atoms with Gasteiger partial charge in [0.25, 0.3) is 11.5 Å². The maximum atomic E-state index is 12.2. The van der Waals surface area contributed by atoms with Crippen LogP contribution in [0.4, 0.5) is 5.69 Å². The van der Waals surface area contributed by atoms with Crippen LogP contribution in [-0.2, 0) is 11.3 Å². The first kappa shape index (κ1) is 17.4. The first-order chi connectivity index (χ1) is 12.2. The van der Waals surface area contributed by atoms with Crippen LogP contribution < -0.4 is 10.9 Å². The largest absolute Gasteiger partial charge is 0.381 e. The van der Waals surface area contributed by atoms with E-state index in [0.29, 0.717) is 11.7 Å². The molecule has 0 aliphatic carbocycles. The zero-order chi connectivity index (χ0) is 17.6. The number of hydrogen-bond donors (Lipinski definition) is 2. The van der Waals surface area contributed by atoms with Gasteiger partial charge >= 0.3 is 0 Å². The Kier molecular flexibility index (Phi) is 5.63. The summed E-state index contributed by atoms with van der Waals surface area (Å²) in [6.45, 7) is 2.92. The van der Waals surface area contributed by atoms with Gasteiger partial charge in [0.2, 0.25) is 0 Å². The lowest BCUT2D eigenvalue weighted by molar-refractivity contribution is 0.0388. The Morgan fingerprint density at radius 1 is 1.24 bits per heavy atom. The summed E-state index contributed by atoms with van der Waals surface area (Å²) in [5, 5.41) is 2.63. The molecule has 1 amide bonds. The first-order valence-electron chi connectivity index (χ1n) is 8.49. The quantitative estimate of drug-likeness (QED) is 0.875. The summed E-state index contributed by atoms with van der Waals surface area (Å²) >= 11 is 0. The van der Waals surface area contributed by atoms with Crippen LogP contribution in [0.5, 0.6) is 0 Å². The molecule has 6 heteroatoms. The number of carbonyl (C=O) groups excluding carboxylic acids is 1. The summed E-state index contributed by atoms with van der Waals surface area (Å²) in [4.78, 5) is 28.8. The molecule has 6 nitrogen and oxygen atoms in total. The fraction of sp³-hybridized carbons (Fsp3) is 0.368. The van der Waals surface area contributed by atoms with Gasteiger partial charge in [0.15, 0.2) is 0 Å². The van der Waals surface area contributed by atoms with E-state index in [9.17, 15) is 9.59 Å². The number of likely N-dealkylation sites (tertiary alicyclic amines) is 1. The molecule has 1 aromatic carbocycles. The Labute approximate surface area is 146 Å². The lowest BCUT2D eigenvalue weighted by atomic mass is 10.1. The van der Waals surface area contributed by atoms with Gasteiger partial charge in [0, 0.05) is 38.5 Å². The summed E-state index contributed by atoms with van der Waals surface area (Å²) in [6.07, 6.45) is 4.02. The van der Waals surface area contributed by atoms with E-state index in [1.54, 1.807) is 31.4 Å². The van der Waals surface area contributed by atoms with Crippen LogP contribution in [0.1, 0.15) is 28.8 Å². The number of piperidine rings is 1. The molecule has 2 heterocycles. The zero-order valence-corrected chi connectivity index (χ0v) is 14.3. The van der Waals surface area contributed by atoms with E-state index in [1.165, 1.54) is 11.8 Å². The number of benzene rings is 1. The van der Waals surface area contributed by atoms with Crippen LogP contribution in [0.2, 0.25) is 0 Å². The molecule has 0 radical (unpaired) electrons. The maximum absolute atomic E-state index is 12.2. The number of nitrogens with one attached hydrogen (secondary N) is 2. The minimum atomic E-state index is -0.313. The Hall–Kier alpha value is -2.44. The normalized spacial score (nSPS) is 15.9. The number of anilines is 1. The standard InChI is InChI=1S/C19H23N3O3/c1-25-16-8-11-22(12-9-16)13-14-4-6-15(7-5-14)18(23)21-17-3-2-10-20-19(17)24/h2-7,10,16H,8-9,11-13H2,1H3,(H,20,24)(H,21,23). The number of aromatic nitrogens is 1. The van der Waals surface area contributed by atoms with E-state index in [-0.39, 0.29) is 17.2 Å². The molecule has 1 aliphatic heterocycles. The molecule has 2 aromatic rings. The average Bonchev–Trinajstić information content (AvgIpc) is 2.65. The van der Waals surface area contributed by atoms with Gasteiger partial charge in [-0.3, -0.25) is 14.5 Å². The minimum absolute atomic E-state index is 0.248. The van der Waals surface area contributed by atoms with Crippen molar-refractivity contribution in [1.29, 1.82) is 0 Å². The molecular weight excluding hydrogens is 318 g/mol. The highest BCUT2D eigenvalue weighted by atomic mass is 16.5. The third-order valence-electron chi connectivity index (χ3n) is 4.56. The van der Waals surface area contributed by atoms with Crippen molar-refractivity contribution in [3.8, 4) is 0 Å². The van der Waals surface area contributed by atoms with Crippen molar-refractivity contribution in [3.63, 3.8) is 0 Å². The number of methoxy groups -OCH3 is 1. The monoisotopic (exact) mass is 341 g/mol. The van der Waals surface area contributed by atoms with Gasteiger partial charge in [-0.15, -0.1) is 0 Å². The molecule has 1 aromatic heterocycles. The molecule has 0 saturated carbocycles. The molecule has 0 bridgehead atoms. The fourth-order valence-electron chi connectivity index (χ4n) is 3.04. The number of hydrogen-bond acceptors (Lipinski definition) is 4. The number of amides is 1. The van der Waals surface area contributed by atoms with Gasteiger partial charge in [-0.2, -0.15) is 0 Å². The SMILES string of the molecule is COC1CCN(Cc2ccc(C(=O)Nc3ccc[nH]c3=O)cc2)CC1. The fourth-order valence-corrected chi connectivity index (χ4v) is 3.04. The van der Waals surface area contributed by atoms with E-state index < -0.39 is 0 Å². The molecule has 25 heavy (non-hydrogen) atoms. The summed E-state index contributed by atoms with van der Waals surface area (Å²) in [7, 11) is 1.77. The van der Waals surface area contributed by atoms with Gasteiger partial charge < -0.3 is 15.0 Å². The third kappa shape index (κ3) is 4.55. The molecule has 0 atom stereocenters. The number of H-pyrrole nitrogens is 1. The van der Waals surface area contributed by atoms with Crippen LogP contribution >= 0.6 is 0 Å². The van der Waals surface area contributed by atoms with Gasteiger partial charge in [-0.1, -0.05) is 12.1 Å². The predicted octanol–water partition coefficient (Wildman–Crippen LogP) is 2.24. The summed E-state index contributed by atoms with van der Waals surface area (Å²) in [5.74, 6) is -0.288. The smallest absolute Gasteiger partial charge is 0.271 e. The van der Waals surface area contributed by atoms with Crippen LogP contribution in [-0.4, -0.2) is 42.1 Å². The summed E-state index contributed by atoms with van der Waals surface area (Å²) < 4.78 is 5.39. The van der Waals surface area contributed by atoms with Crippen molar-refractivity contribution >= 4 is 11.6 Å². The van der Waals surface area contributed by atoms with Crippen LogP contribution in [0.25, 0.3) is 0 Å². The Morgan fingerprint density at radius 3 is 2.60 bits per heavy atom. The molecule has 2 N–H and O–H groups in total. The van der Waals surface area contributed by atoms with E-state index >= 15 is 0 Å². The van der Waals surface area contributed by atoms with Crippen molar-refractivity contribution in [3.05, 3.63) is 64.1 Å². The van der Waals surface area contributed by atoms with E-state index in [0.717, 1.165) is 32.5 Å². The van der Waals surface area contributed by atoms with Crippen LogP contribution in [0.15, 0.2) is 47.4 Å². The van der Waals surface area contributed by atoms with Crippen molar-refractivity contribution in [2.24, 2.45) is 0 Å². The van der Waals surface area contributed by atoms with Gasteiger partial charge in [-0.25, -0.2) is 0 Å². The second-order valence-corrected chi connectivity index (χ2v) is 6.28. The average molecular weight is 341 g/mol. The molecule has 1 fully saturated rings. The van der Waals surface area contributed by atoms with Gasteiger partial charge in [0.1, 0.15) is 5.69 Å². The number of rotatable bonds is 5. The maximum Gasteiger partial charge on any atom is 0.271 e. The highest BCUT2D eigenvalue weighted by Crippen LogP contribution is 2.16. The molecule has 1 aliphatic rings. The second kappa shape index (κ2) is 8.09. The van der Waals surface area contributed by atoms with Gasteiger partial charge in [-0.05, 0) is 42.7 Å². The minimum Gasteiger partial charge on any atom is -0.381 e. The molecule has 1 saturated heterocycles. The number of pyridine rings is 1. The summed E-state index contributed by atoms with van der Waals surface area (Å²) in [6, 6.07) is 10.8. The van der Waals surface area contributed by atoms with E-state index in [2.05, 4.69) is 15.2 Å². The first-order valence-corrected chi connectivity index (χ1v) is 8.49. The molecule has 3 rings (SSSR count). The highest BCUT2D eigenvalue weighted by molar-refractivity contribution is 6.04. The third-order valence-corrected chi connectivity index (χ3v) is 4.56. The van der Waals surface area contributed by atoms with E-state index in [4.69, 9.17) is 4.74 Å². The van der Waals surface area contributed by atoms with E-state index in [1.807, 2.05) is 12.1 Å². The Morgan fingerprint density at radius 2 is 1.96 bits per heavy atom. The van der Waals surface area contributed by atoms with Crippen molar-refractivity contribution in [2.45, 2.75) is 25.5 Å². The predicted molar refractivity (Wildman–Crippen MR) is 96.8 cm³/mol. The highest BCUT2D eigenvalue weighted by Gasteiger charge is 2.18. The number of nitrogens with zero attached hydrogens (tertiary/aromatic N) is 1. The molecule has 132 valence electrons. The number of aromatic amines is 1. The number of carbonyl (C=O) groups is 1.